The minimum atomic E-state index is -0.472. The summed E-state index contributed by atoms with van der Waals surface area (Å²) in [6.45, 7) is 4.65. The van der Waals surface area contributed by atoms with Crippen LogP contribution in [0.5, 0.6) is 5.75 Å². The summed E-state index contributed by atoms with van der Waals surface area (Å²) < 4.78 is 10.0. The minimum Gasteiger partial charge on any atom is -0.463 e. The van der Waals surface area contributed by atoms with Crippen LogP contribution in [0.25, 0.3) is 17.0 Å². The summed E-state index contributed by atoms with van der Waals surface area (Å²) in [5, 5.41) is 3.57. The second kappa shape index (κ2) is 8.03. The van der Waals surface area contributed by atoms with Gasteiger partial charge in [0.15, 0.2) is 0 Å². The number of esters is 1. The van der Waals surface area contributed by atoms with Crippen LogP contribution in [-0.2, 0) is 9.53 Å². The summed E-state index contributed by atoms with van der Waals surface area (Å²) in [4.78, 5) is 26.0. The van der Waals surface area contributed by atoms with Gasteiger partial charge < -0.3 is 19.8 Å². The van der Waals surface area contributed by atoms with Crippen molar-refractivity contribution in [2.24, 2.45) is 0 Å². The van der Waals surface area contributed by atoms with Crippen LogP contribution in [-0.4, -0.2) is 30.2 Å². The number of benzene rings is 1. The van der Waals surface area contributed by atoms with Crippen molar-refractivity contribution < 1.29 is 19.1 Å². The minimum absolute atomic E-state index is 0.345. The van der Waals surface area contributed by atoms with Crippen LogP contribution in [0.4, 0.5) is 4.79 Å². The highest BCUT2D eigenvalue weighted by Crippen LogP contribution is 2.24. The maximum atomic E-state index is 11.5. The van der Waals surface area contributed by atoms with Crippen molar-refractivity contribution in [3.05, 3.63) is 36.0 Å². The Morgan fingerprint density at radius 1 is 1.30 bits per heavy atom. The molecule has 23 heavy (non-hydrogen) atoms. The lowest BCUT2D eigenvalue weighted by Gasteiger charge is -2.05. The first kappa shape index (κ1) is 16.6. The number of ether oxygens (including phenoxy) is 2. The van der Waals surface area contributed by atoms with Crippen molar-refractivity contribution >= 4 is 29.0 Å². The molecule has 0 radical (unpaired) electrons. The Kier molecular flexibility index (Phi) is 5.80. The van der Waals surface area contributed by atoms with E-state index < -0.39 is 6.09 Å². The highest BCUT2D eigenvalue weighted by Gasteiger charge is 2.07. The predicted molar refractivity (Wildman–Crippen MR) is 88.3 cm³/mol. The molecule has 0 spiro atoms. The summed E-state index contributed by atoms with van der Waals surface area (Å²) >= 11 is 0. The van der Waals surface area contributed by atoms with Crippen LogP contribution in [0, 0.1) is 0 Å². The Labute approximate surface area is 134 Å². The molecule has 0 bridgehead atoms. The lowest BCUT2D eigenvalue weighted by atomic mass is 10.1. The number of nitrogens with one attached hydrogen (secondary N) is 2. The smallest absolute Gasteiger partial charge is 0.412 e. The van der Waals surface area contributed by atoms with Crippen molar-refractivity contribution in [1.29, 1.82) is 0 Å². The normalized spacial score (nSPS) is 10.9. The van der Waals surface area contributed by atoms with E-state index in [-0.39, 0.29) is 5.97 Å². The third kappa shape index (κ3) is 4.60. The molecule has 122 valence electrons. The van der Waals surface area contributed by atoms with Crippen molar-refractivity contribution in [1.82, 2.24) is 10.3 Å². The first-order valence-electron chi connectivity index (χ1n) is 7.55. The molecule has 0 saturated carbocycles. The summed E-state index contributed by atoms with van der Waals surface area (Å²) in [6, 6.07) is 5.28. The number of rotatable bonds is 6. The summed E-state index contributed by atoms with van der Waals surface area (Å²) in [7, 11) is 0. The Hall–Kier alpha value is -2.76. The zero-order valence-corrected chi connectivity index (χ0v) is 13.2. The molecule has 1 heterocycles. The first-order chi connectivity index (χ1) is 11.1. The van der Waals surface area contributed by atoms with Crippen molar-refractivity contribution in [2.75, 3.05) is 13.2 Å². The number of carbonyl (C=O) groups excluding carboxylic acids is 2. The molecular weight excluding hydrogens is 296 g/mol. The number of aromatic nitrogens is 1. The number of amides is 1. The van der Waals surface area contributed by atoms with Crippen LogP contribution in [0.15, 0.2) is 30.5 Å². The molecule has 0 aliphatic carbocycles. The molecule has 0 aliphatic rings. The number of hydrogen-bond donors (Lipinski definition) is 2. The van der Waals surface area contributed by atoms with E-state index in [1.165, 1.54) is 6.08 Å². The van der Waals surface area contributed by atoms with E-state index in [2.05, 4.69) is 10.3 Å². The number of hydrogen-bond acceptors (Lipinski definition) is 4. The molecule has 1 aromatic heterocycles. The van der Waals surface area contributed by atoms with Crippen LogP contribution in [0.3, 0.4) is 0 Å². The molecule has 0 fully saturated rings. The van der Waals surface area contributed by atoms with Gasteiger partial charge in [-0.05, 0) is 31.6 Å². The van der Waals surface area contributed by atoms with Gasteiger partial charge in [-0.15, -0.1) is 0 Å². The largest absolute Gasteiger partial charge is 0.463 e. The Balaban J connectivity index is 2.10. The number of H-pyrrole nitrogens is 1. The van der Waals surface area contributed by atoms with Gasteiger partial charge >= 0.3 is 12.1 Å². The summed E-state index contributed by atoms with van der Waals surface area (Å²) in [5.41, 5.74) is 1.67. The van der Waals surface area contributed by atoms with E-state index in [1.807, 2.05) is 13.0 Å². The van der Waals surface area contributed by atoms with Gasteiger partial charge in [-0.3, -0.25) is 0 Å². The van der Waals surface area contributed by atoms with E-state index in [9.17, 15) is 9.59 Å². The van der Waals surface area contributed by atoms with Crippen molar-refractivity contribution in [2.45, 2.75) is 20.3 Å². The number of carbonyl (C=O) groups is 2. The quantitative estimate of drug-likeness (QED) is 0.633. The van der Waals surface area contributed by atoms with E-state index in [1.54, 1.807) is 31.3 Å². The van der Waals surface area contributed by atoms with Crippen LogP contribution in [0.2, 0.25) is 0 Å². The van der Waals surface area contributed by atoms with Gasteiger partial charge in [-0.25, -0.2) is 9.59 Å². The molecule has 0 unspecified atom stereocenters. The standard InChI is InChI=1S/C17H20N2O4/c1-3-9-18-17(21)23-13-6-7-14-12(11-19-15(14)10-13)5-8-16(20)22-4-2/h5-8,10-11,19H,3-4,9H2,1-2H3,(H,18,21). The maximum Gasteiger partial charge on any atom is 0.412 e. The third-order valence-electron chi connectivity index (χ3n) is 3.10. The van der Waals surface area contributed by atoms with E-state index in [0.717, 1.165) is 22.9 Å². The third-order valence-corrected chi connectivity index (χ3v) is 3.10. The Bertz CT molecular complexity index is 718. The van der Waals surface area contributed by atoms with Gasteiger partial charge in [0.25, 0.3) is 0 Å². The molecule has 2 N–H and O–H groups in total. The molecule has 0 atom stereocenters. The summed E-state index contributed by atoms with van der Waals surface area (Å²) in [6.07, 6.45) is 5.22. The molecule has 6 heteroatoms. The van der Waals surface area contributed by atoms with Crippen LogP contribution >= 0.6 is 0 Å². The fourth-order valence-electron chi connectivity index (χ4n) is 2.05. The van der Waals surface area contributed by atoms with Crippen LogP contribution in [0.1, 0.15) is 25.8 Å². The monoisotopic (exact) mass is 316 g/mol. The number of fused-ring (bicyclic) bond motifs is 1. The predicted octanol–water partition coefficient (Wildman–Crippen LogP) is 3.24. The lowest BCUT2D eigenvalue weighted by molar-refractivity contribution is -0.137. The average molecular weight is 316 g/mol. The lowest BCUT2D eigenvalue weighted by Crippen LogP contribution is -2.27. The second-order valence-corrected chi connectivity index (χ2v) is 4.85. The molecule has 0 saturated heterocycles. The van der Waals surface area contributed by atoms with E-state index >= 15 is 0 Å². The fourth-order valence-corrected chi connectivity index (χ4v) is 2.05. The second-order valence-electron chi connectivity index (χ2n) is 4.85. The van der Waals surface area contributed by atoms with Gasteiger partial charge in [0, 0.05) is 41.4 Å². The van der Waals surface area contributed by atoms with Gasteiger partial charge in [0.05, 0.1) is 6.61 Å². The van der Waals surface area contributed by atoms with Gasteiger partial charge in [0.1, 0.15) is 5.75 Å². The highest BCUT2D eigenvalue weighted by molar-refractivity contribution is 5.94. The Morgan fingerprint density at radius 2 is 2.13 bits per heavy atom. The SMILES string of the molecule is CCCNC(=O)Oc1ccc2c(C=CC(=O)OCC)c[nH]c2c1. The van der Waals surface area contributed by atoms with Crippen LogP contribution < -0.4 is 10.1 Å². The molecule has 2 rings (SSSR count). The topological polar surface area (TPSA) is 80.4 Å². The first-order valence-corrected chi connectivity index (χ1v) is 7.55. The molecule has 1 aromatic carbocycles. The van der Waals surface area contributed by atoms with E-state index in [4.69, 9.17) is 9.47 Å². The molecule has 0 aliphatic heterocycles. The molecule has 2 aromatic rings. The average Bonchev–Trinajstić information content (AvgIpc) is 2.93. The van der Waals surface area contributed by atoms with Gasteiger partial charge in [-0.2, -0.15) is 0 Å². The number of aromatic amines is 1. The van der Waals surface area contributed by atoms with E-state index in [0.29, 0.717) is 18.9 Å². The fraction of sp³-hybridized carbons (Fsp3) is 0.294. The van der Waals surface area contributed by atoms with Gasteiger partial charge in [0.2, 0.25) is 0 Å². The zero-order valence-electron chi connectivity index (χ0n) is 13.2. The molecular formula is C17H20N2O4. The zero-order chi connectivity index (χ0) is 16.7. The molecule has 6 nitrogen and oxygen atoms in total. The Morgan fingerprint density at radius 3 is 2.87 bits per heavy atom. The van der Waals surface area contributed by atoms with Gasteiger partial charge in [-0.1, -0.05) is 6.92 Å². The molecule has 1 amide bonds. The maximum absolute atomic E-state index is 11.5. The summed E-state index contributed by atoms with van der Waals surface area (Å²) in [5.74, 6) is 0.0725. The van der Waals surface area contributed by atoms with Crippen molar-refractivity contribution in [3.8, 4) is 5.75 Å². The van der Waals surface area contributed by atoms with Crippen molar-refractivity contribution in [3.63, 3.8) is 0 Å². The highest BCUT2D eigenvalue weighted by atomic mass is 16.6.